The molecular formula is C19H18BrN3O2S. The van der Waals surface area contributed by atoms with Crippen molar-refractivity contribution in [2.75, 3.05) is 24.6 Å². The fourth-order valence-electron chi connectivity index (χ4n) is 3.27. The van der Waals surface area contributed by atoms with Crippen LogP contribution in [-0.4, -0.2) is 40.6 Å². The summed E-state index contributed by atoms with van der Waals surface area (Å²) in [4.78, 5) is 24.4. The van der Waals surface area contributed by atoms with Gasteiger partial charge in [0.25, 0.3) is 0 Å². The fraction of sp³-hybridized carbons (Fsp3) is 0.316. The normalized spacial score (nSPS) is 15.5. The first-order valence-corrected chi connectivity index (χ1v) is 10.2. The average molecular weight is 432 g/mol. The van der Waals surface area contributed by atoms with Gasteiger partial charge in [0.2, 0.25) is 5.78 Å². The van der Waals surface area contributed by atoms with Crippen LogP contribution in [0, 0.1) is 5.92 Å². The molecule has 1 N–H and O–H groups in total. The van der Waals surface area contributed by atoms with Gasteiger partial charge in [0.1, 0.15) is 17.8 Å². The molecule has 0 saturated carbocycles. The molecule has 0 radical (unpaired) electrons. The molecule has 26 heavy (non-hydrogen) atoms. The second-order valence-electron chi connectivity index (χ2n) is 6.44. The fourth-order valence-corrected chi connectivity index (χ4v) is 5.21. The van der Waals surface area contributed by atoms with Gasteiger partial charge in [-0.1, -0.05) is 18.2 Å². The zero-order valence-corrected chi connectivity index (χ0v) is 16.5. The molecule has 0 spiro atoms. The van der Waals surface area contributed by atoms with Crippen molar-refractivity contribution in [1.82, 2.24) is 9.97 Å². The number of benzene rings is 1. The van der Waals surface area contributed by atoms with Crippen molar-refractivity contribution >= 4 is 49.0 Å². The zero-order chi connectivity index (χ0) is 18.1. The van der Waals surface area contributed by atoms with E-state index in [4.69, 9.17) is 0 Å². The highest BCUT2D eigenvalue weighted by Gasteiger charge is 2.23. The molecule has 0 bridgehead atoms. The minimum absolute atomic E-state index is 0.0908. The molecule has 3 aromatic rings. The maximum atomic E-state index is 13.0. The number of rotatable bonds is 4. The molecule has 0 aliphatic carbocycles. The number of anilines is 1. The van der Waals surface area contributed by atoms with Gasteiger partial charge < -0.3 is 10.0 Å². The molecule has 4 rings (SSSR count). The summed E-state index contributed by atoms with van der Waals surface area (Å²) in [7, 11) is 0. The van der Waals surface area contributed by atoms with Crippen molar-refractivity contribution in [3.05, 3.63) is 51.7 Å². The quantitative estimate of drug-likeness (QED) is 0.634. The Labute approximate surface area is 163 Å². The predicted molar refractivity (Wildman–Crippen MR) is 107 cm³/mol. The van der Waals surface area contributed by atoms with E-state index in [1.807, 2.05) is 24.3 Å². The van der Waals surface area contributed by atoms with Crippen molar-refractivity contribution in [3.8, 4) is 0 Å². The number of nitrogens with zero attached hydrogens (tertiary/aromatic N) is 3. The van der Waals surface area contributed by atoms with Crippen molar-refractivity contribution in [3.63, 3.8) is 0 Å². The highest BCUT2D eigenvalue weighted by atomic mass is 79.9. The van der Waals surface area contributed by atoms with Gasteiger partial charge in [-0.15, -0.1) is 11.3 Å². The first kappa shape index (κ1) is 17.6. The van der Waals surface area contributed by atoms with Crippen molar-refractivity contribution < 1.29 is 9.90 Å². The number of piperidine rings is 1. The summed E-state index contributed by atoms with van der Waals surface area (Å²) in [5.74, 6) is 1.05. The number of hydrogen-bond donors (Lipinski definition) is 1. The summed E-state index contributed by atoms with van der Waals surface area (Å²) < 4.78 is 1.90. The van der Waals surface area contributed by atoms with Crippen LogP contribution in [0.3, 0.4) is 0 Å². The van der Waals surface area contributed by atoms with Gasteiger partial charge in [0, 0.05) is 40.3 Å². The van der Waals surface area contributed by atoms with E-state index in [0.717, 1.165) is 46.3 Å². The molecule has 2 aromatic heterocycles. The maximum Gasteiger partial charge on any atom is 0.222 e. The largest absolute Gasteiger partial charge is 0.396 e. The van der Waals surface area contributed by atoms with Crippen molar-refractivity contribution in [2.24, 2.45) is 5.92 Å². The number of aliphatic hydroxyl groups is 1. The molecule has 3 heterocycles. The zero-order valence-electron chi connectivity index (χ0n) is 14.1. The number of carbonyl (C=O) groups is 1. The van der Waals surface area contributed by atoms with Gasteiger partial charge in [-0.25, -0.2) is 9.97 Å². The van der Waals surface area contributed by atoms with Crippen LogP contribution < -0.4 is 4.90 Å². The van der Waals surface area contributed by atoms with Crippen LogP contribution in [-0.2, 0) is 0 Å². The van der Waals surface area contributed by atoms with E-state index in [0.29, 0.717) is 16.5 Å². The number of hydrogen-bond acceptors (Lipinski definition) is 6. The Balaban J connectivity index is 1.61. The van der Waals surface area contributed by atoms with E-state index >= 15 is 0 Å². The van der Waals surface area contributed by atoms with Crippen LogP contribution in [0.5, 0.6) is 0 Å². The lowest BCUT2D eigenvalue weighted by Gasteiger charge is -2.31. The van der Waals surface area contributed by atoms with Crippen LogP contribution in [0.15, 0.2) is 41.1 Å². The molecule has 1 aliphatic heterocycles. The van der Waals surface area contributed by atoms with Crippen molar-refractivity contribution in [1.29, 1.82) is 0 Å². The van der Waals surface area contributed by atoms with Gasteiger partial charge in [-0.3, -0.25) is 4.79 Å². The van der Waals surface area contributed by atoms with Crippen LogP contribution in [0.4, 0.5) is 5.82 Å². The van der Waals surface area contributed by atoms with E-state index in [1.54, 1.807) is 6.07 Å². The molecule has 1 aromatic carbocycles. The van der Waals surface area contributed by atoms with Gasteiger partial charge in [-0.2, -0.15) is 0 Å². The summed E-state index contributed by atoms with van der Waals surface area (Å²) in [5, 5.41) is 10.3. The summed E-state index contributed by atoms with van der Waals surface area (Å²) in [5.41, 5.74) is 0.409. The highest BCUT2D eigenvalue weighted by Crippen LogP contribution is 2.36. The van der Waals surface area contributed by atoms with Crippen molar-refractivity contribution in [2.45, 2.75) is 12.8 Å². The third-order valence-electron chi connectivity index (χ3n) is 4.82. The minimum Gasteiger partial charge on any atom is -0.396 e. The van der Waals surface area contributed by atoms with Crippen LogP contribution in [0.25, 0.3) is 10.1 Å². The minimum atomic E-state index is -0.0908. The molecule has 0 atom stereocenters. The van der Waals surface area contributed by atoms with Gasteiger partial charge in [0.15, 0.2) is 0 Å². The van der Waals surface area contributed by atoms with Gasteiger partial charge >= 0.3 is 0 Å². The van der Waals surface area contributed by atoms with E-state index < -0.39 is 0 Å². The first-order chi connectivity index (χ1) is 12.7. The lowest BCUT2D eigenvalue weighted by molar-refractivity contribution is 0.103. The molecule has 1 saturated heterocycles. The Hall–Kier alpha value is -1.83. The highest BCUT2D eigenvalue weighted by molar-refractivity contribution is 9.10. The third kappa shape index (κ3) is 3.26. The second-order valence-corrected chi connectivity index (χ2v) is 8.29. The summed E-state index contributed by atoms with van der Waals surface area (Å²) >= 11 is 5.04. The summed E-state index contributed by atoms with van der Waals surface area (Å²) in [6.45, 7) is 1.91. The van der Waals surface area contributed by atoms with Crippen LogP contribution in [0.1, 0.15) is 28.2 Å². The van der Waals surface area contributed by atoms with E-state index in [-0.39, 0.29) is 12.4 Å². The van der Waals surface area contributed by atoms with E-state index in [2.05, 4.69) is 30.8 Å². The second kappa shape index (κ2) is 7.42. The van der Waals surface area contributed by atoms with Crippen LogP contribution in [0.2, 0.25) is 0 Å². The predicted octanol–water partition coefficient (Wildman–Crippen LogP) is 3.89. The number of carbonyl (C=O) groups excluding carboxylic acids is 1. The standard InChI is InChI=1S/C19H18BrN3O2S/c20-17-13-3-1-2-4-15(13)26-19(17)18(25)14-9-16(22-11-21-14)23-7-5-12(10-24)6-8-23/h1-4,9,11-12,24H,5-8,10H2. The number of aromatic nitrogens is 2. The van der Waals surface area contributed by atoms with E-state index in [1.165, 1.54) is 17.7 Å². The SMILES string of the molecule is O=C(c1cc(N2CCC(CO)CC2)ncn1)c1sc2ccccc2c1Br. The number of halogens is 1. The Morgan fingerprint density at radius 2 is 2.04 bits per heavy atom. The first-order valence-electron chi connectivity index (χ1n) is 8.57. The van der Waals surface area contributed by atoms with Crippen LogP contribution >= 0.6 is 27.3 Å². The average Bonchev–Trinajstić information content (AvgIpc) is 3.04. The molecule has 0 unspecified atom stereocenters. The number of aliphatic hydroxyl groups excluding tert-OH is 1. The summed E-state index contributed by atoms with van der Waals surface area (Å²) in [6, 6.07) is 9.73. The molecule has 5 nitrogen and oxygen atoms in total. The Bertz CT molecular complexity index is 951. The maximum absolute atomic E-state index is 13.0. The van der Waals surface area contributed by atoms with E-state index in [9.17, 15) is 9.90 Å². The summed E-state index contributed by atoms with van der Waals surface area (Å²) in [6.07, 6.45) is 3.33. The molecule has 1 fully saturated rings. The monoisotopic (exact) mass is 431 g/mol. The number of fused-ring (bicyclic) bond motifs is 1. The molecule has 1 aliphatic rings. The molecule has 0 amide bonds. The molecule has 134 valence electrons. The molecule has 7 heteroatoms. The lowest BCUT2D eigenvalue weighted by Crippen LogP contribution is -2.35. The molecular weight excluding hydrogens is 414 g/mol. The number of thiophene rings is 1. The number of ketones is 1. The Morgan fingerprint density at radius 1 is 1.27 bits per heavy atom. The van der Waals surface area contributed by atoms with Gasteiger partial charge in [0.05, 0.1) is 4.88 Å². The Morgan fingerprint density at radius 3 is 2.77 bits per heavy atom. The topological polar surface area (TPSA) is 66.3 Å². The lowest BCUT2D eigenvalue weighted by atomic mass is 9.98. The van der Waals surface area contributed by atoms with Gasteiger partial charge in [-0.05, 0) is 40.8 Å². The smallest absolute Gasteiger partial charge is 0.222 e. The Kier molecular flexibility index (Phi) is 5.02. The third-order valence-corrected chi connectivity index (χ3v) is 7.08.